The first-order valence-electron chi connectivity index (χ1n) is 0. The fourth-order valence-electron chi connectivity index (χ4n) is 0. The van der Waals surface area contributed by atoms with E-state index in [-0.39, 0.29) is 48.1 Å². The largest absolute Gasteiger partial charge is 0 e. The summed E-state index contributed by atoms with van der Waals surface area (Å²) in [6, 6.07) is 0. The van der Waals surface area contributed by atoms with Crippen LogP contribution in [0.2, 0.25) is 0 Å². The van der Waals surface area contributed by atoms with Crippen molar-refractivity contribution in [3.05, 3.63) is 14.9 Å². The molecule has 0 heterocycles. The van der Waals surface area contributed by atoms with E-state index in [9.17, 15) is 0 Å². The van der Waals surface area contributed by atoms with Crippen LogP contribution in [0.5, 0.6) is 0 Å². The van der Waals surface area contributed by atoms with Crippen molar-refractivity contribution in [3.63, 3.8) is 0 Å². The normalized spacial score (nSPS) is 0. The van der Waals surface area contributed by atoms with Gasteiger partial charge in [0.1, 0.15) is 0 Å². The van der Waals surface area contributed by atoms with Crippen molar-refractivity contribution in [1.29, 1.82) is 0 Å². The molecule has 16 radical (unpaired) electrons. The number of rotatable bonds is 0. The molecule has 0 aliphatic carbocycles. The second-order valence-electron chi connectivity index (χ2n) is 0. The molecule has 3 heteroatoms. The highest BCUT2D eigenvalue weighted by molar-refractivity contribution is 7.59. The lowest BCUT2D eigenvalue weighted by molar-refractivity contribution is 3.24. The summed E-state index contributed by atoms with van der Waals surface area (Å²) in [5, 5.41) is 0. The lowest BCUT2D eigenvalue weighted by Gasteiger charge is -0.00100. The summed E-state index contributed by atoms with van der Waals surface area (Å²) >= 11 is 0. The summed E-state index contributed by atoms with van der Waals surface area (Å²) in [7, 11) is 0. The van der Waals surface area contributed by atoms with Gasteiger partial charge in [-0.3, -0.25) is 0 Å². The molecule has 0 aromatic carbocycles. The van der Waals surface area contributed by atoms with E-state index in [1.165, 1.54) is 0 Å². The quantitative estimate of drug-likeness (QED) is 0.428. The minimum atomic E-state index is 0. The van der Waals surface area contributed by atoms with E-state index < -0.39 is 0 Å². The van der Waals surface area contributed by atoms with E-state index in [0.717, 1.165) is 0 Å². The molecule has 0 nitrogen and oxygen atoms in total. The van der Waals surface area contributed by atoms with Crippen LogP contribution in [0.1, 0.15) is 0 Å². The highest BCUT2D eigenvalue weighted by Gasteiger charge is 0.00400. The van der Waals surface area contributed by atoms with Crippen molar-refractivity contribution >= 4 is 33.3 Å². The van der Waals surface area contributed by atoms with Gasteiger partial charge in [0.15, 0.2) is 0 Å². The van der Waals surface area contributed by atoms with E-state index in [4.69, 9.17) is 0 Å². The van der Waals surface area contributed by atoms with Gasteiger partial charge in [-0.2, -0.15) is 0 Å². The van der Waals surface area contributed by atoms with E-state index in [1.54, 1.807) is 0 Å². The molecule has 0 rings (SSSR count). The van der Waals surface area contributed by atoms with Crippen molar-refractivity contribution in [2.45, 2.75) is 0 Å². The minimum absolute atomic E-state index is 0. The topological polar surface area (TPSA) is 0 Å². The second kappa shape index (κ2) is 63.1. The second-order valence-corrected chi connectivity index (χ2v) is 0. The molecular formula is C2P2S. The molecule has 0 spiro atoms. The third-order valence-corrected chi connectivity index (χ3v) is 0. The standard InChI is InChI=1S/2C.2P.S. The molecule has 0 saturated heterocycles. The molecule has 0 fully saturated rings. The Morgan fingerprint density at radius 1 is 0.600 bits per heavy atom. The van der Waals surface area contributed by atoms with Crippen LogP contribution in [0.4, 0.5) is 0 Å². The Morgan fingerprint density at radius 2 is 0.600 bits per heavy atom. The molecule has 24 valence electrons. The Hall–Kier alpha value is 1.21. The van der Waals surface area contributed by atoms with Gasteiger partial charge in [-0.1, -0.05) is 0 Å². The minimum Gasteiger partial charge on any atom is 0 e. The van der Waals surface area contributed by atoms with Crippen molar-refractivity contribution in [1.82, 2.24) is 0 Å². The van der Waals surface area contributed by atoms with Crippen LogP contribution in [0.15, 0.2) is 0 Å². The molecule has 0 atom stereocenters. The average molecular weight is 118 g/mol. The predicted octanol–water partition coefficient (Wildman–Crippen LogP) is 2.53. The van der Waals surface area contributed by atoms with Gasteiger partial charge in [0.05, 0.1) is 0 Å². The van der Waals surface area contributed by atoms with Crippen LogP contribution in [0.25, 0.3) is 0 Å². The summed E-state index contributed by atoms with van der Waals surface area (Å²) in [5.41, 5.74) is 0. The summed E-state index contributed by atoms with van der Waals surface area (Å²) in [6.45, 7) is 0. The fourth-order valence-corrected chi connectivity index (χ4v) is 0. The molecule has 0 amide bonds. The molecule has 0 bridgehead atoms. The van der Waals surface area contributed by atoms with Crippen LogP contribution in [-0.4, -0.2) is 0 Å². The maximum absolute atomic E-state index is 0. The van der Waals surface area contributed by atoms with Gasteiger partial charge in [0.25, 0.3) is 0 Å². The van der Waals surface area contributed by atoms with Crippen LogP contribution < -0.4 is 0 Å². The van der Waals surface area contributed by atoms with E-state index in [1.807, 2.05) is 0 Å². The molecule has 0 aliphatic heterocycles. The van der Waals surface area contributed by atoms with Crippen LogP contribution >= 0.6 is 33.3 Å². The molecule has 0 unspecified atom stereocenters. The lowest BCUT2D eigenvalue weighted by atomic mass is 12.0. The van der Waals surface area contributed by atoms with E-state index >= 15 is 0 Å². The third-order valence-electron chi connectivity index (χ3n) is 0. The van der Waals surface area contributed by atoms with Crippen molar-refractivity contribution in [3.8, 4) is 0 Å². The van der Waals surface area contributed by atoms with Gasteiger partial charge in [0, 0.05) is 48.1 Å². The molecular weight excluding hydrogens is 118 g/mol. The summed E-state index contributed by atoms with van der Waals surface area (Å²) < 4.78 is 0. The zero-order valence-corrected chi connectivity index (χ0v) is 4.91. The van der Waals surface area contributed by atoms with Gasteiger partial charge < -0.3 is 0 Å². The monoisotopic (exact) mass is 118 g/mol. The Bertz CT molecular complexity index is 7.61. The molecule has 0 N–H and O–H groups in total. The summed E-state index contributed by atoms with van der Waals surface area (Å²) in [4.78, 5) is 0. The van der Waals surface area contributed by atoms with Crippen molar-refractivity contribution in [2.24, 2.45) is 0 Å². The van der Waals surface area contributed by atoms with Crippen molar-refractivity contribution < 1.29 is 0 Å². The first-order chi connectivity index (χ1) is 0. The highest BCUT2D eigenvalue weighted by Crippen LogP contribution is 0.862. The maximum Gasteiger partial charge on any atom is 0 e. The Kier molecular flexibility index (Phi) is 1450. The molecule has 0 saturated carbocycles. The summed E-state index contributed by atoms with van der Waals surface area (Å²) in [5.74, 6) is 0. The molecule has 0 aromatic heterocycles. The van der Waals surface area contributed by atoms with Crippen LogP contribution in [0.3, 0.4) is 0 Å². The molecule has 5 heavy (non-hydrogen) atoms. The van der Waals surface area contributed by atoms with Crippen LogP contribution in [-0.2, 0) is 0 Å². The molecule has 0 aromatic rings. The molecule has 0 aliphatic rings. The Morgan fingerprint density at radius 3 is 0.600 bits per heavy atom. The van der Waals surface area contributed by atoms with Crippen LogP contribution in [0, 0.1) is 14.9 Å². The zero-order chi connectivity index (χ0) is 0. The van der Waals surface area contributed by atoms with Gasteiger partial charge in [0.2, 0.25) is 0 Å². The SMILES string of the molecule is [C].[C].[P].[P].[S]. The fraction of sp³-hybridized carbons (Fsp3) is 0. The van der Waals surface area contributed by atoms with Gasteiger partial charge in [-0.25, -0.2) is 0 Å². The lowest BCUT2D eigenvalue weighted by Crippen LogP contribution is 0.0803. The first-order valence-corrected chi connectivity index (χ1v) is 0. The third kappa shape index (κ3) is 36.7. The van der Waals surface area contributed by atoms with E-state index in [2.05, 4.69) is 0 Å². The smallest absolute Gasteiger partial charge is 0 e. The summed E-state index contributed by atoms with van der Waals surface area (Å²) in [6.07, 6.45) is 0. The van der Waals surface area contributed by atoms with Gasteiger partial charge >= 0.3 is 0 Å². The van der Waals surface area contributed by atoms with Gasteiger partial charge in [-0.05, 0) is 0 Å². The maximum atomic E-state index is 0. The highest BCUT2D eigenvalue weighted by atomic mass is 32.1. The van der Waals surface area contributed by atoms with Crippen molar-refractivity contribution in [2.75, 3.05) is 0 Å². The number of hydrogen-bond donors (Lipinski definition) is 0. The number of hydrogen-bond acceptors (Lipinski definition) is 0. The van der Waals surface area contributed by atoms with Gasteiger partial charge in [-0.15, -0.1) is 0 Å². The Balaban J connectivity index is 0. The zero-order valence-electron chi connectivity index (χ0n) is 2.30. The van der Waals surface area contributed by atoms with E-state index in [0.29, 0.717) is 0 Å². The Labute approximate surface area is 48.8 Å². The predicted molar refractivity (Wildman–Crippen MR) is 27.9 cm³/mol. The first kappa shape index (κ1) is 115. The average Bonchev–Trinajstić information content (AvgIpc) is 0.